The Hall–Kier alpha value is -3.81. The molecular weight excluding hydrogens is 392 g/mol. The minimum atomic E-state index is -0.387. The summed E-state index contributed by atoms with van der Waals surface area (Å²) in [6, 6.07) is 15.1. The Balaban J connectivity index is 1.31. The Morgan fingerprint density at radius 2 is 1.84 bits per heavy atom. The van der Waals surface area contributed by atoms with Gasteiger partial charge in [-0.25, -0.2) is 9.97 Å². The molecule has 5 rings (SSSR count). The Labute approximate surface area is 178 Å². The molecule has 0 radical (unpaired) electrons. The van der Waals surface area contributed by atoms with Crippen molar-refractivity contribution in [2.75, 3.05) is 5.32 Å². The number of rotatable bonds is 5. The molecule has 1 aliphatic carbocycles. The highest BCUT2D eigenvalue weighted by atomic mass is 16.6. The summed E-state index contributed by atoms with van der Waals surface area (Å²) in [5.41, 5.74) is 3.54. The Bertz CT molecular complexity index is 1180. The predicted molar refractivity (Wildman–Crippen MR) is 119 cm³/mol. The zero-order chi connectivity index (χ0) is 21.2. The lowest BCUT2D eigenvalue weighted by atomic mass is 9.85. The molecule has 0 amide bonds. The second-order valence-corrected chi connectivity index (χ2v) is 7.90. The Morgan fingerprint density at radius 1 is 1.00 bits per heavy atom. The molecule has 0 aliphatic heterocycles. The van der Waals surface area contributed by atoms with Crippen LogP contribution in [-0.4, -0.2) is 30.9 Å². The van der Waals surface area contributed by atoms with Gasteiger partial charge in [0.2, 0.25) is 5.82 Å². The van der Waals surface area contributed by atoms with E-state index in [1.165, 1.54) is 6.07 Å². The van der Waals surface area contributed by atoms with E-state index in [0.29, 0.717) is 17.4 Å². The molecule has 1 fully saturated rings. The van der Waals surface area contributed by atoms with Gasteiger partial charge in [-0.15, -0.1) is 0 Å². The normalized spacial score (nSPS) is 18.7. The summed E-state index contributed by atoms with van der Waals surface area (Å²) in [4.78, 5) is 28.0. The van der Waals surface area contributed by atoms with E-state index >= 15 is 0 Å². The lowest BCUT2D eigenvalue weighted by Crippen LogP contribution is -2.26. The van der Waals surface area contributed by atoms with Crippen LogP contribution < -0.4 is 5.32 Å². The first-order valence-corrected chi connectivity index (χ1v) is 10.4. The molecule has 1 aliphatic rings. The standard InChI is InChI=1S/C23H22N6O2/c30-29(31)21-12-11-18(16-4-3-13-24-14-16)26-23(21)25-17-9-7-15(8-10-17)22-27-19-5-1-2-6-20(19)28-22/h1-6,11-15,17H,7-10H2,(H,25,26)(H,27,28). The van der Waals surface area contributed by atoms with Crippen molar-refractivity contribution in [3.8, 4) is 11.3 Å². The van der Waals surface area contributed by atoms with E-state index in [4.69, 9.17) is 4.98 Å². The van der Waals surface area contributed by atoms with Gasteiger partial charge in [-0.2, -0.15) is 0 Å². The van der Waals surface area contributed by atoms with Crippen molar-refractivity contribution in [3.05, 3.63) is 76.9 Å². The number of nitro groups is 1. The average molecular weight is 414 g/mol. The first-order valence-electron chi connectivity index (χ1n) is 10.4. The smallest absolute Gasteiger partial charge is 0.311 e. The number of pyridine rings is 2. The van der Waals surface area contributed by atoms with Crippen molar-refractivity contribution >= 4 is 22.5 Å². The minimum absolute atomic E-state index is 0.00736. The van der Waals surface area contributed by atoms with E-state index in [2.05, 4.69) is 20.3 Å². The molecule has 2 N–H and O–H groups in total. The molecule has 8 nitrogen and oxygen atoms in total. The van der Waals surface area contributed by atoms with E-state index in [9.17, 15) is 10.1 Å². The zero-order valence-corrected chi connectivity index (χ0v) is 16.9. The van der Waals surface area contributed by atoms with Crippen LogP contribution in [0.5, 0.6) is 0 Å². The van der Waals surface area contributed by atoms with Gasteiger partial charge in [0.05, 0.1) is 21.7 Å². The summed E-state index contributed by atoms with van der Waals surface area (Å²) in [6.45, 7) is 0. The van der Waals surface area contributed by atoms with Gasteiger partial charge in [0.15, 0.2) is 0 Å². The highest BCUT2D eigenvalue weighted by Crippen LogP contribution is 2.35. The summed E-state index contributed by atoms with van der Waals surface area (Å²) >= 11 is 0. The fourth-order valence-corrected chi connectivity index (χ4v) is 4.25. The molecule has 8 heteroatoms. The molecule has 3 heterocycles. The number of fused-ring (bicyclic) bond motifs is 1. The maximum atomic E-state index is 11.5. The van der Waals surface area contributed by atoms with Gasteiger partial charge in [-0.3, -0.25) is 15.1 Å². The fourth-order valence-electron chi connectivity index (χ4n) is 4.25. The Kier molecular flexibility index (Phi) is 5.03. The number of hydrogen-bond donors (Lipinski definition) is 2. The van der Waals surface area contributed by atoms with E-state index in [1.54, 1.807) is 18.5 Å². The van der Waals surface area contributed by atoms with Gasteiger partial charge >= 0.3 is 5.69 Å². The first-order chi connectivity index (χ1) is 15.2. The second-order valence-electron chi connectivity index (χ2n) is 7.90. The molecule has 0 spiro atoms. The predicted octanol–water partition coefficient (Wildman–Crippen LogP) is 5.07. The number of benzene rings is 1. The van der Waals surface area contributed by atoms with Crippen LogP contribution in [0.4, 0.5) is 11.5 Å². The molecule has 0 atom stereocenters. The lowest BCUT2D eigenvalue weighted by molar-refractivity contribution is -0.384. The quantitative estimate of drug-likeness (QED) is 0.349. The number of nitrogens with zero attached hydrogens (tertiary/aromatic N) is 4. The summed E-state index contributed by atoms with van der Waals surface area (Å²) in [5, 5.41) is 14.9. The van der Waals surface area contributed by atoms with Crippen LogP contribution in [0.25, 0.3) is 22.3 Å². The van der Waals surface area contributed by atoms with Crippen LogP contribution >= 0.6 is 0 Å². The van der Waals surface area contributed by atoms with Gasteiger partial charge in [-0.05, 0) is 56.0 Å². The van der Waals surface area contributed by atoms with Gasteiger partial charge in [0.1, 0.15) is 5.82 Å². The molecule has 3 aromatic heterocycles. The van der Waals surface area contributed by atoms with Gasteiger partial charge < -0.3 is 10.3 Å². The minimum Gasteiger partial charge on any atom is -0.362 e. The molecular formula is C23H22N6O2. The van der Waals surface area contributed by atoms with Crippen LogP contribution in [0.3, 0.4) is 0 Å². The summed E-state index contributed by atoms with van der Waals surface area (Å²) in [6.07, 6.45) is 7.13. The van der Waals surface area contributed by atoms with Crippen molar-refractivity contribution in [2.45, 2.75) is 37.6 Å². The van der Waals surface area contributed by atoms with Crippen LogP contribution in [0.1, 0.15) is 37.4 Å². The molecule has 1 saturated carbocycles. The van der Waals surface area contributed by atoms with E-state index in [-0.39, 0.29) is 16.7 Å². The second kappa shape index (κ2) is 8.14. The molecule has 31 heavy (non-hydrogen) atoms. The van der Waals surface area contributed by atoms with Crippen LogP contribution in [0.2, 0.25) is 0 Å². The van der Waals surface area contributed by atoms with Crippen LogP contribution in [0.15, 0.2) is 60.9 Å². The van der Waals surface area contributed by atoms with Gasteiger partial charge in [-0.1, -0.05) is 12.1 Å². The largest absolute Gasteiger partial charge is 0.362 e. The van der Waals surface area contributed by atoms with Crippen molar-refractivity contribution in [1.29, 1.82) is 0 Å². The van der Waals surface area contributed by atoms with E-state index in [1.807, 2.05) is 36.4 Å². The number of anilines is 1. The number of hydrogen-bond acceptors (Lipinski definition) is 6. The molecule has 156 valence electrons. The molecule has 0 bridgehead atoms. The van der Waals surface area contributed by atoms with Crippen molar-refractivity contribution < 1.29 is 4.92 Å². The number of imidazole rings is 1. The van der Waals surface area contributed by atoms with Gasteiger partial charge in [0, 0.05) is 36.0 Å². The lowest BCUT2D eigenvalue weighted by Gasteiger charge is -2.28. The number of para-hydroxylation sites is 2. The van der Waals surface area contributed by atoms with Gasteiger partial charge in [0.25, 0.3) is 0 Å². The average Bonchev–Trinajstić information content (AvgIpc) is 3.24. The molecule has 0 saturated heterocycles. The topological polar surface area (TPSA) is 110 Å². The summed E-state index contributed by atoms with van der Waals surface area (Å²) < 4.78 is 0. The Morgan fingerprint density at radius 3 is 2.58 bits per heavy atom. The number of H-pyrrole nitrogens is 1. The highest BCUT2D eigenvalue weighted by molar-refractivity contribution is 5.74. The third-order valence-electron chi connectivity index (χ3n) is 5.89. The highest BCUT2D eigenvalue weighted by Gasteiger charge is 2.27. The maximum Gasteiger partial charge on any atom is 0.311 e. The number of aromatic amines is 1. The number of nitrogens with one attached hydrogen (secondary N) is 2. The van der Waals surface area contributed by atoms with Crippen LogP contribution in [0, 0.1) is 10.1 Å². The monoisotopic (exact) mass is 414 g/mol. The molecule has 0 unspecified atom stereocenters. The molecule has 4 aromatic rings. The summed E-state index contributed by atoms with van der Waals surface area (Å²) in [7, 11) is 0. The van der Waals surface area contributed by atoms with E-state index < -0.39 is 0 Å². The van der Waals surface area contributed by atoms with Crippen molar-refractivity contribution in [2.24, 2.45) is 0 Å². The third kappa shape index (κ3) is 3.96. The summed E-state index contributed by atoms with van der Waals surface area (Å²) in [5.74, 6) is 1.72. The van der Waals surface area contributed by atoms with E-state index in [0.717, 1.165) is 48.1 Å². The molecule has 1 aromatic carbocycles. The van der Waals surface area contributed by atoms with Crippen LogP contribution in [-0.2, 0) is 0 Å². The maximum absolute atomic E-state index is 11.5. The van der Waals surface area contributed by atoms with Crippen molar-refractivity contribution in [1.82, 2.24) is 19.9 Å². The first kappa shape index (κ1) is 19.2. The number of aromatic nitrogens is 4. The third-order valence-corrected chi connectivity index (χ3v) is 5.89. The van der Waals surface area contributed by atoms with Crippen molar-refractivity contribution in [3.63, 3.8) is 0 Å². The zero-order valence-electron chi connectivity index (χ0n) is 16.9. The SMILES string of the molecule is O=[N+]([O-])c1ccc(-c2cccnc2)nc1NC1CCC(c2nc3ccccc3[nH]2)CC1. The fraction of sp³-hybridized carbons (Fsp3) is 0.261.